The highest BCUT2D eigenvalue weighted by atomic mass is 35.5. The zero-order valence-electron chi connectivity index (χ0n) is 7.84. The molecule has 1 aliphatic rings. The first-order valence-corrected chi connectivity index (χ1v) is 4.87. The normalized spacial score (nSPS) is 24.7. The van der Waals surface area contributed by atoms with Crippen LogP contribution in [0, 0.1) is 11.6 Å². The van der Waals surface area contributed by atoms with Crippen LogP contribution in [0.4, 0.5) is 8.78 Å². The van der Waals surface area contributed by atoms with Gasteiger partial charge in [-0.2, -0.15) is 0 Å². The van der Waals surface area contributed by atoms with Crippen molar-refractivity contribution in [1.29, 1.82) is 0 Å². The number of alkyl halides is 1. The lowest BCUT2D eigenvalue weighted by molar-refractivity contribution is -0.125. The van der Waals surface area contributed by atoms with E-state index in [9.17, 15) is 18.4 Å². The fourth-order valence-electron chi connectivity index (χ4n) is 1.63. The molecule has 1 heterocycles. The number of halogens is 3. The number of rotatable bonds is 1. The third kappa shape index (κ3) is 1.78. The summed E-state index contributed by atoms with van der Waals surface area (Å²) in [6, 6.07) is 2.66. The van der Waals surface area contributed by atoms with E-state index in [1.165, 1.54) is 0 Å². The van der Waals surface area contributed by atoms with Gasteiger partial charge in [-0.25, -0.2) is 8.78 Å². The Kier molecular flexibility index (Phi) is 2.63. The molecule has 16 heavy (non-hydrogen) atoms. The predicted octanol–water partition coefficient (Wildman–Crippen LogP) is 1.31. The molecule has 84 valence electrons. The van der Waals surface area contributed by atoms with E-state index in [-0.39, 0.29) is 5.56 Å². The van der Waals surface area contributed by atoms with Gasteiger partial charge in [0.25, 0.3) is 0 Å². The van der Waals surface area contributed by atoms with Crippen molar-refractivity contribution in [2.45, 2.75) is 11.3 Å². The highest BCUT2D eigenvalue weighted by Crippen LogP contribution is 2.29. The van der Waals surface area contributed by atoms with Crippen LogP contribution in [0.2, 0.25) is 0 Å². The molecule has 2 rings (SSSR count). The zero-order chi connectivity index (χ0) is 11.9. The maximum atomic E-state index is 12.9. The largest absolute Gasteiger partial charge is 0.295 e. The minimum Gasteiger partial charge on any atom is -0.295 e. The van der Waals surface area contributed by atoms with Crippen LogP contribution in [0.5, 0.6) is 0 Å². The molecule has 1 aliphatic heterocycles. The number of amides is 2. The number of hydrogen-bond acceptors (Lipinski definition) is 2. The molecule has 0 bridgehead atoms. The lowest BCUT2D eigenvalue weighted by Gasteiger charge is -2.09. The minimum absolute atomic E-state index is 0.0563. The molecule has 1 saturated heterocycles. The lowest BCUT2D eigenvalue weighted by atomic mass is 9.97. The molecule has 2 unspecified atom stereocenters. The van der Waals surface area contributed by atoms with E-state index in [2.05, 4.69) is 0 Å². The first-order chi connectivity index (χ1) is 7.49. The van der Waals surface area contributed by atoms with E-state index in [0.717, 1.165) is 12.1 Å². The van der Waals surface area contributed by atoms with Crippen molar-refractivity contribution >= 4 is 23.4 Å². The second-order valence-corrected chi connectivity index (χ2v) is 3.91. The molecule has 2 amide bonds. The summed E-state index contributed by atoms with van der Waals surface area (Å²) in [6.45, 7) is 0. The Hall–Kier alpha value is -1.49. The SMILES string of the molecule is O=C1NC(=O)C(c2cc(F)cc(F)c2)C1Cl. The van der Waals surface area contributed by atoms with Crippen LogP contribution in [0.15, 0.2) is 18.2 Å². The fourth-order valence-corrected chi connectivity index (χ4v) is 1.94. The maximum absolute atomic E-state index is 12.9. The highest BCUT2D eigenvalue weighted by molar-refractivity contribution is 6.37. The molecule has 1 aromatic rings. The van der Waals surface area contributed by atoms with Gasteiger partial charge < -0.3 is 0 Å². The Labute approximate surface area is 94.4 Å². The van der Waals surface area contributed by atoms with Crippen molar-refractivity contribution in [1.82, 2.24) is 5.32 Å². The van der Waals surface area contributed by atoms with Gasteiger partial charge in [-0.3, -0.25) is 14.9 Å². The molecule has 0 aliphatic carbocycles. The molecule has 1 N–H and O–H groups in total. The first-order valence-electron chi connectivity index (χ1n) is 4.44. The van der Waals surface area contributed by atoms with Crippen molar-refractivity contribution in [3.63, 3.8) is 0 Å². The molecule has 0 radical (unpaired) electrons. The Morgan fingerprint density at radius 2 is 1.62 bits per heavy atom. The molecule has 0 saturated carbocycles. The minimum atomic E-state index is -1.13. The van der Waals surface area contributed by atoms with Gasteiger partial charge in [-0.05, 0) is 17.7 Å². The number of benzene rings is 1. The Morgan fingerprint density at radius 3 is 2.06 bits per heavy atom. The molecule has 0 aromatic heterocycles. The molecular weight excluding hydrogens is 240 g/mol. The van der Waals surface area contributed by atoms with Crippen molar-refractivity contribution in [3.8, 4) is 0 Å². The van der Waals surface area contributed by atoms with E-state index in [1.807, 2.05) is 5.32 Å². The summed E-state index contributed by atoms with van der Waals surface area (Å²) in [5.41, 5.74) is 0.0563. The molecule has 6 heteroatoms. The van der Waals surface area contributed by atoms with Crippen LogP contribution < -0.4 is 5.32 Å². The Morgan fingerprint density at radius 1 is 1.06 bits per heavy atom. The maximum Gasteiger partial charge on any atom is 0.245 e. The van der Waals surface area contributed by atoms with Crippen molar-refractivity contribution < 1.29 is 18.4 Å². The standard InChI is InChI=1S/C10H6ClF2NO2/c11-8-7(9(15)14-10(8)16)4-1-5(12)3-6(13)2-4/h1-3,7-8H,(H,14,15,16). The molecule has 3 nitrogen and oxygen atoms in total. The van der Waals surface area contributed by atoms with Crippen molar-refractivity contribution in [2.75, 3.05) is 0 Å². The molecular formula is C10H6ClF2NO2. The van der Waals surface area contributed by atoms with E-state index in [0.29, 0.717) is 6.07 Å². The van der Waals surface area contributed by atoms with Gasteiger partial charge in [0, 0.05) is 6.07 Å². The molecule has 1 aromatic carbocycles. The van der Waals surface area contributed by atoms with Gasteiger partial charge in [-0.1, -0.05) is 0 Å². The van der Waals surface area contributed by atoms with Gasteiger partial charge in [0.2, 0.25) is 11.8 Å². The smallest absolute Gasteiger partial charge is 0.245 e. The summed E-state index contributed by atoms with van der Waals surface area (Å²) in [5, 5.41) is 0.868. The summed E-state index contributed by atoms with van der Waals surface area (Å²) in [4.78, 5) is 22.4. The zero-order valence-corrected chi connectivity index (χ0v) is 8.59. The number of hydrogen-bond donors (Lipinski definition) is 1. The van der Waals surface area contributed by atoms with E-state index >= 15 is 0 Å². The topological polar surface area (TPSA) is 46.2 Å². The van der Waals surface area contributed by atoms with Crippen LogP contribution in [-0.4, -0.2) is 17.2 Å². The van der Waals surface area contributed by atoms with Crippen LogP contribution in [0.25, 0.3) is 0 Å². The Balaban J connectivity index is 2.44. The number of nitrogens with one attached hydrogen (secondary N) is 1. The second-order valence-electron chi connectivity index (χ2n) is 3.44. The van der Waals surface area contributed by atoms with E-state index in [1.54, 1.807) is 0 Å². The summed E-state index contributed by atoms with van der Waals surface area (Å²) < 4.78 is 25.9. The van der Waals surface area contributed by atoms with E-state index < -0.39 is 34.7 Å². The van der Waals surface area contributed by atoms with Crippen LogP contribution in [0.3, 0.4) is 0 Å². The number of carbonyl (C=O) groups excluding carboxylic acids is 2. The number of carbonyl (C=O) groups is 2. The Bertz CT molecular complexity index is 458. The highest BCUT2D eigenvalue weighted by Gasteiger charge is 2.41. The van der Waals surface area contributed by atoms with Crippen LogP contribution >= 0.6 is 11.6 Å². The summed E-state index contributed by atoms with van der Waals surface area (Å²) in [7, 11) is 0. The van der Waals surface area contributed by atoms with Crippen LogP contribution in [-0.2, 0) is 9.59 Å². The van der Waals surface area contributed by atoms with Crippen LogP contribution in [0.1, 0.15) is 11.5 Å². The third-order valence-corrected chi connectivity index (χ3v) is 2.77. The van der Waals surface area contributed by atoms with Gasteiger partial charge in [0.1, 0.15) is 17.0 Å². The second kappa shape index (κ2) is 3.83. The van der Waals surface area contributed by atoms with E-state index in [4.69, 9.17) is 11.6 Å². The molecule has 2 atom stereocenters. The molecule has 1 fully saturated rings. The third-order valence-electron chi connectivity index (χ3n) is 2.32. The van der Waals surface area contributed by atoms with Gasteiger partial charge >= 0.3 is 0 Å². The summed E-state index contributed by atoms with van der Waals surface area (Å²) in [6.07, 6.45) is 0. The quantitative estimate of drug-likeness (QED) is 0.599. The molecule has 0 spiro atoms. The average molecular weight is 246 g/mol. The van der Waals surface area contributed by atoms with Crippen molar-refractivity contribution in [3.05, 3.63) is 35.4 Å². The number of imide groups is 1. The fraction of sp³-hybridized carbons (Fsp3) is 0.200. The summed E-state index contributed by atoms with van der Waals surface area (Å²) in [5.74, 6) is -3.97. The van der Waals surface area contributed by atoms with Crippen molar-refractivity contribution in [2.24, 2.45) is 0 Å². The predicted molar refractivity (Wildman–Crippen MR) is 51.9 cm³/mol. The lowest BCUT2D eigenvalue weighted by Crippen LogP contribution is -2.22. The average Bonchev–Trinajstić information content (AvgIpc) is 2.39. The monoisotopic (exact) mass is 245 g/mol. The van der Waals surface area contributed by atoms with Gasteiger partial charge in [0.05, 0.1) is 5.92 Å². The first kappa shape index (κ1) is 11.0. The van der Waals surface area contributed by atoms with Gasteiger partial charge in [-0.15, -0.1) is 11.6 Å². The van der Waals surface area contributed by atoms with Gasteiger partial charge in [0.15, 0.2) is 0 Å². The summed E-state index contributed by atoms with van der Waals surface area (Å²) >= 11 is 5.68.